The van der Waals surface area contributed by atoms with Crippen molar-refractivity contribution in [3.8, 4) is 0 Å². The van der Waals surface area contributed by atoms with Crippen LogP contribution in [0.5, 0.6) is 0 Å². The molecule has 0 unspecified atom stereocenters. The number of nitrogens with two attached hydrogens (primary N) is 1. The quantitative estimate of drug-likeness (QED) is 0.561. The fourth-order valence-electron chi connectivity index (χ4n) is 0.394. The van der Waals surface area contributed by atoms with E-state index < -0.39 is 0 Å². The summed E-state index contributed by atoms with van der Waals surface area (Å²) >= 11 is 1.51. The molecule has 54 valence electrons. The Hall–Kier alpha value is -0.220. The Morgan fingerprint density at radius 3 is 2.89 bits per heavy atom. The summed E-state index contributed by atoms with van der Waals surface area (Å²) in [6.07, 6.45) is 1.89. The Morgan fingerprint density at radius 2 is 2.44 bits per heavy atom. The van der Waals surface area contributed by atoms with Gasteiger partial charge >= 0.3 is 0 Å². The van der Waals surface area contributed by atoms with Gasteiger partial charge in [-0.3, -0.25) is 4.79 Å². The van der Waals surface area contributed by atoms with Gasteiger partial charge in [0.05, 0.1) is 5.75 Å². The number of carbonyl (C=O) groups excluding carboxylic acids is 1. The maximum Gasteiger partial charge on any atom is 0.230 e. The number of hydrogen-bond acceptors (Lipinski definition) is 3. The van der Waals surface area contributed by atoms with E-state index in [1.165, 1.54) is 11.8 Å². The molecular weight excluding hydrogens is 136 g/mol. The van der Waals surface area contributed by atoms with E-state index in [0.29, 0.717) is 18.8 Å². The third kappa shape index (κ3) is 5.65. The van der Waals surface area contributed by atoms with Crippen LogP contribution in [0.2, 0.25) is 0 Å². The second-order valence-electron chi connectivity index (χ2n) is 1.57. The van der Waals surface area contributed by atoms with Gasteiger partial charge in [0, 0.05) is 13.1 Å². The summed E-state index contributed by atoms with van der Waals surface area (Å²) in [5.41, 5.74) is 5.15. The van der Waals surface area contributed by atoms with Crippen molar-refractivity contribution in [1.29, 1.82) is 0 Å². The number of nitrogens with one attached hydrogen (secondary N) is 1. The zero-order valence-corrected chi connectivity index (χ0v) is 6.33. The molecule has 1 amide bonds. The highest BCUT2D eigenvalue weighted by Gasteiger charge is 1.94. The van der Waals surface area contributed by atoms with E-state index in [4.69, 9.17) is 5.73 Å². The smallest absolute Gasteiger partial charge is 0.230 e. The van der Waals surface area contributed by atoms with Crippen molar-refractivity contribution in [3.63, 3.8) is 0 Å². The largest absolute Gasteiger partial charge is 0.354 e. The summed E-state index contributed by atoms with van der Waals surface area (Å²) in [5.74, 6) is 0.591. The molecule has 0 aliphatic rings. The Balaban J connectivity index is 3.06. The van der Waals surface area contributed by atoms with E-state index in [1.54, 1.807) is 0 Å². The SMILES string of the molecule is CSCC(=O)NCCN. The zero-order chi connectivity index (χ0) is 7.11. The number of rotatable bonds is 4. The van der Waals surface area contributed by atoms with E-state index in [9.17, 15) is 4.79 Å². The standard InChI is InChI=1S/C5H12N2OS/c1-9-4-5(8)7-3-2-6/h2-4,6H2,1H3,(H,7,8). The highest BCUT2D eigenvalue weighted by Crippen LogP contribution is 1.87. The zero-order valence-electron chi connectivity index (χ0n) is 5.52. The Morgan fingerprint density at radius 1 is 1.78 bits per heavy atom. The van der Waals surface area contributed by atoms with Gasteiger partial charge in [0.2, 0.25) is 5.91 Å². The van der Waals surface area contributed by atoms with Crippen LogP contribution in [0, 0.1) is 0 Å². The second-order valence-corrected chi connectivity index (χ2v) is 2.44. The Bertz CT molecular complexity index is 87.0. The van der Waals surface area contributed by atoms with Crippen LogP contribution in [-0.2, 0) is 4.79 Å². The van der Waals surface area contributed by atoms with Crippen molar-refractivity contribution in [1.82, 2.24) is 5.32 Å². The topological polar surface area (TPSA) is 55.1 Å². The van der Waals surface area contributed by atoms with Crippen LogP contribution < -0.4 is 11.1 Å². The van der Waals surface area contributed by atoms with E-state index in [0.717, 1.165) is 0 Å². The van der Waals surface area contributed by atoms with Crippen molar-refractivity contribution in [2.75, 3.05) is 25.1 Å². The maximum absolute atomic E-state index is 10.6. The van der Waals surface area contributed by atoms with Gasteiger partial charge in [0.1, 0.15) is 0 Å². The molecule has 0 heterocycles. The summed E-state index contributed by atoms with van der Waals surface area (Å²) in [4.78, 5) is 10.6. The molecule has 0 rings (SSSR count). The minimum atomic E-state index is 0.0629. The van der Waals surface area contributed by atoms with E-state index in [1.807, 2.05) is 6.26 Å². The first-order chi connectivity index (χ1) is 4.31. The molecule has 0 saturated heterocycles. The molecule has 3 nitrogen and oxygen atoms in total. The van der Waals surface area contributed by atoms with Gasteiger partial charge < -0.3 is 11.1 Å². The molecule has 0 aromatic carbocycles. The van der Waals surface area contributed by atoms with Crippen LogP contribution in [0.3, 0.4) is 0 Å². The first-order valence-electron chi connectivity index (χ1n) is 2.77. The third-order valence-electron chi connectivity index (χ3n) is 0.742. The van der Waals surface area contributed by atoms with E-state index in [-0.39, 0.29) is 5.91 Å². The van der Waals surface area contributed by atoms with Crippen LogP contribution in [0.15, 0.2) is 0 Å². The van der Waals surface area contributed by atoms with Crippen LogP contribution in [-0.4, -0.2) is 31.0 Å². The minimum absolute atomic E-state index is 0.0629. The molecule has 9 heavy (non-hydrogen) atoms. The summed E-state index contributed by atoms with van der Waals surface area (Å²) in [6.45, 7) is 1.10. The fraction of sp³-hybridized carbons (Fsp3) is 0.800. The van der Waals surface area contributed by atoms with E-state index in [2.05, 4.69) is 5.32 Å². The second kappa shape index (κ2) is 5.91. The van der Waals surface area contributed by atoms with Gasteiger partial charge in [-0.25, -0.2) is 0 Å². The molecule has 0 radical (unpaired) electrons. The number of carbonyl (C=O) groups is 1. The molecule has 0 atom stereocenters. The van der Waals surface area contributed by atoms with Gasteiger partial charge in [0.15, 0.2) is 0 Å². The molecule has 0 saturated carbocycles. The number of hydrogen-bond donors (Lipinski definition) is 2. The molecule has 0 aliphatic heterocycles. The van der Waals surface area contributed by atoms with E-state index >= 15 is 0 Å². The highest BCUT2D eigenvalue weighted by molar-refractivity contribution is 7.99. The van der Waals surface area contributed by atoms with Crippen molar-refractivity contribution < 1.29 is 4.79 Å². The van der Waals surface area contributed by atoms with Gasteiger partial charge in [-0.15, -0.1) is 0 Å². The average Bonchev–Trinajstić information content (AvgIpc) is 1.85. The predicted molar refractivity (Wildman–Crippen MR) is 40.4 cm³/mol. The van der Waals surface area contributed by atoms with Crippen LogP contribution in [0.1, 0.15) is 0 Å². The normalized spacial score (nSPS) is 9.11. The fourth-order valence-corrected chi connectivity index (χ4v) is 0.758. The highest BCUT2D eigenvalue weighted by atomic mass is 32.2. The predicted octanol–water partition coefficient (Wildman–Crippen LogP) is -0.576. The third-order valence-corrected chi connectivity index (χ3v) is 1.29. The molecule has 0 bridgehead atoms. The molecule has 0 spiro atoms. The van der Waals surface area contributed by atoms with Gasteiger partial charge in [-0.05, 0) is 6.26 Å². The van der Waals surface area contributed by atoms with Crippen molar-refractivity contribution in [2.24, 2.45) is 5.73 Å². The van der Waals surface area contributed by atoms with Crippen molar-refractivity contribution in [2.45, 2.75) is 0 Å². The first kappa shape index (κ1) is 8.78. The average molecular weight is 148 g/mol. The minimum Gasteiger partial charge on any atom is -0.354 e. The van der Waals surface area contributed by atoms with Crippen molar-refractivity contribution >= 4 is 17.7 Å². The molecule has 3 N–H and O–H groups in total. The lowest BCUT2D eigenvalue weighted by Crippen LogP contribution is -2.30. The van der Waals surface area contributed by atoms with Crippen molar-refractivity contribution in [3.05, 3.63) is 0 Å². The Labute approximate surface area is 59.4 Å². The molecule has 0 fully saturated rings. The van der Waals surface area contributed by atoms with Crippen LogP contribution >= 0.6 is 11.8 Å². The summed E-state index contributed by atoms with van der Waals surface area (Å²) < 4.78 is 0. The Kier molecular flexibility index (Phi) is 5.76. The number of amides is 1. The van der Waals surface area contributed by atoms with Gasteiger partial charge in [-0.2, -0.15) is 11.8 Å². The molecular formula is C5H12N2OS. The maximum atomic E-state index is 10.6. The lowest BCUT2D eigenvalue weighted by atomic mass is 10.6. The molecule has 4 heteroatoms. The summed E-state index contributed by atoms with van der Waals surface area (Å²) in [6, 6.07) is 0. The van der Waals surface area contributed by atoms with Crippen LogP contribution in [0.25, 0.3) is 0 Å². The molecule has 0 aliphatic carbocycles. The monoisotopic (exact) mass is 148 g/mol. The molecule has 0 aromatic heterocycles. The lowest BCUT2D eigenvalue weighted by Gasteiger charge is -1.99. The van der Waals surface area contributed by atoms with Gasteiger partial charge in [-0.1, -0.05) is 0 Å². The van der Waals surface area contributed by atoms with Crippen LogP contribution in [0.4, 0.5) is 0 Å². The van der Waals surface area contributed by atoms with Gasteiger partial charge in [0.25, 0.3) is 0 Å². The summed E-state index contributed by atoms with van der Waals surface area (Å²) in [7, 11) is 0. The lowest BCUT2D eigenvalue weighted by molar-refractivity contribution is -0.118. The molecule has 0 aromatic rings. The summed E-state index contributed by atoms with van der Waals surface area (Å²) in [5, 5.41) is 2.65. The first-order valence-corrected chi connectivity index (χ1v) is 4.16. The number of thioether (sulfide) groups is 1.